The number of nitrogens with zero attached hydrogens (tertiary/aromatic N) is 2. The molecule has 1 aliphatic carbocycles. The first-order valence-corrected chi connectivity index (χ1v) is 8.91. The Balaban J connectivity index is 1.88. The molecule has 2 bridgehead atoms. The van der Waals surface area contributed by atoms with Crippen molar-refractivity contribution in [2.45, 2.75) is 34.5 Å². The number of rotatable bonds is 1. The van der Waals surface area contributed by atoms with E-state index in [9.17, 15) is 20.1 Å². The summed E-state index contributed by atoms with van der Waals surface area (Å²) in [6.07, 6.45) is 4.08. The van der Waals surface area contributed by atoms with Crippen molar-refractivity contribution in [1.82, 2.24) is 9.80 Å². The molecule has 21 heavy (non-hydrogen) atoms. The maximum absolute atomic E-state index is 12.8. The van der Waals surface area contributed by atoms with E-state index in [0.717, 1.165) is 5.57 Å². The van der Waals surface area contributed by atoms with Crippen molar-refractivity contribution < 1.29 is 20.1 Å². The van der Waals surface area contributed by atoms with Gasteiger partial charge in [0.2, 0.25) is 0 Å². The molecule has 1 amide bonds. The predicted octanol–water partition coefficient (Wildman–Crippen LogP) is -0.512. The smallest absolute Gasteiger partial charge is 0.255 e. The van der Waals surface area contributed by atoms with E-state index < -0.39 is 28.1 Å². The molecule has 5 rings (SSSR count). The van der Waals surface area contributed by atoms with Crippen LogP contribution in [0.3, 0.4) is 0 Å². The Morgan fingerprint density at radius 2 is 2.19 bits per heavy atom. The first-order valence-electron chi connectivity index (χ1n) is 6.76. The number of fused-ring (bicyclic) bond motifs is 3. The van der Waals surface area contributed by atoms with Gasteiger partial charge in [0.25, 0.3) is 5.91 Å². The molecule has 6 nitrogen and oxygen atoms in total. The van der Waals surface area contributed by atoms with E-state index >= 15 is 0 Å². The number of aliphatic hydroxyl groups excluding tert-OH is 3. The van der Waals surface area contributed by atoms with Crippen LogP contribution in [-0.4, -0.2) is 72.8 Å². The normalized spacial score (nSPS) is 48.4. The lowest BCUT2D eigenvalue weighted by molar-refractivity contribution is -0.184. The molecule has 0 aromatic carbocycles. The molecule has 0 aromatic rings. The third-order valence-electron chi connectivity index (χ3n) is 4.91. The highest BCUT2D eigenvalue weighted by Gasteiger charge is 2.72. The Labute approximate surface area is 129 Å². The Hall–Kier alpha value is -0.510. The van der Waals surface area contributed by atoms with E-state index in [1.54, 1.807) is 24.1 Å². The third kappa shape index (κ3) is 1.43. The number of hydrogen-bond donors (Lipinski definition) is 3. The van der Waals surface area contributed by atoms with Gasteiger partial charge in [0, 0.05) is 13.5 Å². The van der Waals surface area contributed by atoms with Gasteiger partial charge in [-0.25, -0.2) is 4.90 Å². The first-order chi connectivity index (χ1) is 9.98. The molecule has 5 aliphatic rings. The van der Waals surface area contributed by atoms with Crippen LogP contribution in [0, 0.1) is 0 Å². The minimum absolute atomic E-state index is 0.118. The van der Waals surface area contributed by atoms with Crippen LogP contribution in [0.25, 0.3) is 0 Å². The highest BCUT2D eigenvalue weighted by Crippen LogP contribution is 2.65. The van der Waals surface area contributed by atoms with E-state index in [4.69, 9.17) is 0 Å². The zero-order valence-corrected chi connectivity index (χ0v) is 13.0. The molecule has 1 spiro atoms. The highest BCUT2D eigenvalue weighted by molar-refractivity contribution is 8.78. The van der Waals surface area contributed by atoms with Crippen molar-refractivity contribution in [3.63, 3.8) is 0 Å². The Kier molecular flexibility index (Phi) is 2.87. The number of carbonyl (C=O) groups excluding carboxylic acids is 1. The molecule has 5 atom stereocenters. The molecule has 4 saturated heterocycles. The topological polar surface area (TPSA) is 84.2 Å². The minimum atomic E-state index is -1.08. The van der Waals surface area contributed by atoms with E-state index in [1.807, 2.05) is 6.08 Å². The van der Waals surface area contributed by atoms with Crippen LogP contribution in [0.4, 0.5) is 0 Å². The van der Waals surface area contributed by atoms with Gasteiger partial charge in [-0.1, -0.05) is 39.8 Å². The van der Waals surface area contributed by atoms with E-state index in [0.29, 0.717) is 6.42 Å². The second-order valence-electron chi connectivity index (χ2n) is 5.84. The van der Waals surface area contributed by atoms with Gasteiger partial charge in [0.1, 0.15) is 6.23 Å². The maximum atomic E-state index is 12.8. The number of allylic oxidation sites excluding steroid dienone is 2. The molecule has 0 saturated carbocycles. The van der Waals surface area contributed by atoms with Gasteiger partial charge in [0.05, 0.1) is 18.8 Å². The van der Waals surface area contributed by atoms with Crippen molar-refractivity contribution in [2.75, 3.05) is 13.7 Å². The van der Waals surface area contributed by atoms with E-state index in [1.165, 1.54) is 26.5 Å². The summed E-state index contributed by atoms with van der Waals surface area (Å²) in [4.78, 5) is 14.0. The minimum Gasteiger partial charge on any atom is -0.393 e. The van der Waals surface area contributed by atoms with Crippen LogP contribution in [0.2, 0.25) is 0 Å². The van der Waals surface area contributed by atoms with E-state index in [-0.39, 0.29) is 12.5 Å². The number of carbonyl (C=O) groups is 1. The number of hydrogen-bond acceptors (Lipinski definition) is 7. The van der Waals surface area contributed by atoms with Gasteiger partial charge in [-0.15, -0.1) is 0 Å². The second-order valence-corrected chi connectivity index (χ2v) is 8.55. The molecular weight excluding hydrogens is 312 g/mol. The van der Waals surface area contributed by atoms with E-state index in [2.05, 4.69) is 0 Å². The summed E-state index contributed by atoms with van der Waals surface area (Å²) in [5.74, 6) is -0.118. The summed E-state index contributed by atoms with van der Waals surface area (Å²) in [6, 6.07) is -0.401. The average molecular weight is 328 g/mol. The van der Waals surface area contributed by atoms with Crippen LogP contribution in [0.15, 0.2) is 23.8 Å². The summed E-state index contributed by atoms with van der Waals surface area (Å²) in [5.41, 5.74) is 0.953. The van der Waals surface area contributed by atoms with Gasteiger partial charge in [-0.3, -0.25) is 4.79 Å². The molecule has 4 heterocycles. The second kappa shape index (κ2) is 4.27. The van der Waals surface area contributed by atoms with Crippen molar-refractivity contribution in [2.24, 2.45) is 0 Å². The maximum Gasteiger partial charge on any atom is 0.255 e. The van der Waals surface area contributed by atoms with Crippen molar-refractivity contribution in [3.05, 3.63) is 23.8 Å². The molecule has 0 radical (unpaired) electrons. The SMILES string of the molecule is CN1C(=O)C23CC4=CC=CC(O)C4N2C(O)C1(CO)SS3. The lowest BCUT2D eigenvalue weighted by Crippen LogP contribution is -2.79. The first kappa shape index (κ1) is 14.1. The largest absolute Gasteiger partial charge is 0.393 e. The molecule has 4 aliphatic heterocycles. The van der Waals surface area contributed by atoms with Crippen LogP contribution in [-0.2, 0) is 4.79 Å². The zero-order valence-electron chi connectivity index (χ0n) is 11.3. The fourth-order valence-corrected chi connectivity index (χ4v) is 7.45. The van der Waals surface area contributed by atoms with Crippen LogP contribution >= 0.6 is 21.6 Å². The van der Waals surface area contributed by atoms with Crippen LogP contribution in [0.1, 0.15) is 6.42 Å². The monoisotopic (exact) mass is 328 g/mol. The molecule has 0 aromatic heterocycles. The molecule has 8 heteroatoms. The Morgan fingerprint density at radius 1 is 1.43 bits per heavy atom. The van der Waals surface area contributed by atoms with Crippen molar-refractivity contribution in [1.29, 1.82) is 0 Å². The summed E-state index contributed by atoms with van der Waals surface area (Å²) >= 11 is 0. The van der Waals surface area contributed by atoms with Gasteiger partial charge in [0.15, 0.2) is 9.74 Å². The van der Waals surface area contributed by atoms with Crippen molar-refractivity contribution in [3.8, 4) is 0 Å². The van der Waals surface area contributed by atoms with Gasteiger partial charge in [-0.2, -0.15) is 0 Å². The quantitative estimate of drug-likeness (QED) is 0.559. The van der Waals surface area contributed by atoms with Crippen LogP contribution in [0.5, 0.6) is 0 Å². The van der Waals surface area contributed by atoms with Crippen molar-refractivity contribution >= 4 is 27.5 Å². The Morgan fingerprint density at radius 3 is 2.90 bits per heavy atom. The molecular formula is C13H16N2O4S2. The number of amides is 1. The molecule has 4 fully saturated rings. The predicted molar refractivity (Wildman–Crippen MR) is 80.0 cm³/mol. The van der Waals surface area contributed by atoms with Gasteiger partial charge in [-0.05, 0) is 5.57 Å². The number of likely N-dealkylation sites (N-methyl/N-ethyl adjacent to an activating group) is 1. The number of aliphatic hydroxyl groups is 3. The molecule has 114 valence electrons. The summed E-state index contributed by atoms with van der Waals surface area (Å²) < 4.78 is 0. The summed E-state index contributed by atoms with van der Waals surface area (Å²) in [6.45, 7) is -0.335. The highest BCUT2D eigenvalue weighted by atomic mass is 33.1. The number of piperazine rings is 1. The Bertz CT molecular complexity index is 583. The molecule has 5 unspecified atom stereocenters. The van der Waals surface area contributed by atoms with Gasteiger partial charge < -0.3 is 20.2 Å². The zero-order chi connectivity index (χ0) is 15.0. The van der Waals surface area contributed by atoms with Gasteiger partial charge >= 0.3 is 0 Å². The average Bonchev–Trinajstić information content (AvgIpc) is 2.83. The lowest BCUT2D eigenvalue weighted by atomic mass is 9.97. The summed E-state index contributed by atoms with van der Waals surface area (Å²) in [5, 5.41) is 30.9. The molecule has 3 N–H and O–H groups in total. The standard InChI is InChI=1S/C13H16N2O4S2/c1-14-10(18)12-5-7-3-2-4-8(17)9(7)15(12)11(19)13(14,6-16)21-20-12/h2-4,8-9,11,16-17,19H,5-6H2,1H3. The fourth-order valence-electron chi connectivity index (χ4n) is 3.74. The fraction of sp³-hybridized carbons (Fsp3) is 0.615. The summed E-state index contributed by atoms with van der Waals surface area (Å²) in [7, 11) is 4.36. The van der Waals surface area contributed by atoms with Crippen LogP contribution < -0.4 is 0 Å². The third-order valence-corrected chi connectivity index (χ3v) is 8.64. The lowest BCUT2D eigenvalue weighted by Gasteiger charge is -2.61.